The number of benzene rings is 2. The predicted molar refractivity (Wildman–Crippen MR) is 88.2 cm³/mol. The molecule has 2 aromatic carbocycles. The fourth-order valence-corrected chi connectivity index (χ4v) is 2.84. The van der Waals surface area contributed by atoms with Gasteiger partial charge in [0, 0.05) is 18.8 Å². The molecule has 0 atom stereocenters. The summed E-state index contributed by atoms with van der Waals surface area (Å²) in [4.78, 5) is 2.09. The SMILES string of the molecule is Fc1cc(NC(=S)N2CCc3ccccc3C2)ccc1Cl. The molecule has 108 valence electrons. The minimum atomic E-state index is -0.451. The molecule has 1 aliphatic heterocycles. The lowest BCUT2D eigenvalue weighted by atomic mass is 10.0. The van der Waals surface area contributed by atoms with E-state index in [9.17, 15) is 4.39 Å². The monoisotopic (exact) mass is 320 g/mol. The standard InChI is InChI=1S/C16H14ClFN2S/c17-14-6-5-13(9-15(14)18)19-16(21)20-8-7-11-3-1-2-4-12(11)10-20/h1-6,9H,7-8,10H2,(H,19,21). The van der Waals surface area contributed by atoms with E-state index in [0.717, 1.165) is 19.5 Å². The van der Waals surface area contributed by atoms with Crippen LogP contribution in [0.3, 0.4) is 0 Å². The Morgan fingerprint density at radius 3 is 2.71 bits per heavy atom. The first-order valence-electron chi connectivity index (χ1n) is 6.71. The van der Waals surface area contributed by atoms with E-state index in [0.29, 0.717) is 10.8 Å². The highest BCUT2D eigenvalue weighted by atomic mass is 35.5. The van der Waals surface area contributed by atoms with E-state index in [4.69, 9.17) is 23.8 Å². The molecule has 1 aliphatic rings. The summed E-state index contributed by atoms with van der Waals surface area (Å²) in [5, 5.41) is 3.78. The minimum Gasteiger partial charge on any atom is -0.344 e. The third-order valence-electron chi connectivity index (χ3n) is 3.59. The molecule has 0 spiro atoms. The van der Waals surface area contributed by atoms with Gasteiger partial charge >= 0.3 is 0 Å². The molecule has 0 amide bonds. The van der Waals surface area contributed by atoms with E-state index in [1.807, 2.05) is 6.07 Å². The molecule has 0 fully saturated rings. The molecule has 0 saturated heterocycles. The second kappa shape index (κ2) is 6.00. The van der Waals surface area contributed by atoms with E-state index in [2.05, 4.69) is 28.4 Å². The second-order valence-electron chi connectivity index (χ2n) is 5.00. The first-order chi connectivity index (χ1) is 10.1. The molecule has 2 nitrogen and oxygen atoms in total. The first-order valence-corrected chi connectivity index (χ1v) is 7.50. The van der Waals surface area contributed by atoms with Crippen molar-refractivity contribution in [3.8, 4) is 0 Å². The van der Waals surface area contributed by atoms with Gasteiger partial charge in [-0.05, 0) is 48.0 Å². The third kappa shape index (κ3) is 3.17. The Labute approximate surface area is 133 Å². The Balaban J connectivity index is 1.70. The average molecular weight is 321 g/mol. The van der Waals surface area contributed by atoms with Crippen molar-refractivity contribution in [2.24, 2.45) is 0 Å². The van der Waals surface area contributed by atoms with Crippen LogP contribution in [0.25, 0.3) is 0 Å². The second-order valence-corrected chi connectivity index (χ2v) is 5.79. The molecule has 0 saturated carbocycles. The van der Waals surface area contributed by atoms with E-state index in [1.54, 1.807) is 6.07 Å². The number of fused-ring (bicyclic) bond motifs is 1. The fraction of sp³-hybridized carbons (Fsp3) is 0.188. The van der Waals surface area contributed by atoms with Gasteiger partial charge in [0.25, 0.3) is 0 Å². The molecule has 0 radical (unpaired) electrons. The average Bonchev–Trinajstić information content (AvgIpc) is 2.50. The lowest BCUT2D eigenvalue weighted by Crippen LogP contribution is -2.38. The van der Waals surface area contributed by atoms with Gasteiger partial charge in [0.05, 0.1) is 5.02 Å². The van der Waals surface area contributed by atoms with Crippen LogP contribution < -0.4 is 5.32 Å². The summed E-state index contributed by atoms with van der Waals surface area (Å²) in [7, 11) is 0. The highest BCUT2D eigenvalue weighted by Gasteiger charge is 2.18. The van der Waals surface area contributed by atoms with Crippen LogP contribution in [-0.4, -0.2) is 16.6 Å². The summed E-state index contributed by atoms with van der Waals surface area (Å²) < 4.78 is 13.4. The maximum Gasteiger partial charge on any atom is 0.173 e. The van der Waals surface area contributed by atoms with Crippen molar-refractivity contribution in [1.82, 2.24) is 4.90 Å². The number of hydrogen-bond acceptors (Lipinski definition) is 1. The Bertz CT molecular complexity index is 690. The van der Waals surface area contributed by atoms with Crippen LogP contribution in [0.4, 0.5) is 10.1 Å². The maximum absolute atomic E-state index is 13.4. The third-order valence-corrected chi connectivity index (χ3v) is 4.26. The first kappa shape index (κ1) is 14.3. The van der Waals surface area contributed by atoms with E-state index < -0.39 is 5.82 Å². The Hall–Kier alpha value is -1.65. The van der Waals surface area contributed by atoms with Crippen LogP contribution in [0.5, 0.6) is 0 Å². The largest absolute Gasteiger partial charge is 0.344 e. The molecule has 5 heteroatoms. The summed E-state index contributed by atoms with van der Waals surface area (Å²) in [5.74, 6) is -0.451. The number of nitrogens with zero attached hydrogens (tertiary/aromatic N) is 1. The fourth-order valence-electron chi connectivity index (χ4n) is 2.45. The van der Waals surface area contributed by atoms with Gasteiger partial charge in [-0.3, -0.25) is 0 Å². The van der Waals surface area contributed by atoms with E-state index in [-0.39, 0.29) is 5.02 Å². The van der Waals surface area contributed by atoms with Crippen molar-refractivity contribution >= 4 is 34.6 Å². The molecule has 21 heavy (non-hydrogen) atoms. The molecule has 1 heterocycles. The summed E-state index contributed by atoms with van der Waals surface area (Å²) in [5.41, 5.74) is 3.27. The van der Waals surface area contributed by atoms with Gasteiger partial charge in [-0.15, -0.1) is 0 Å². The summed E-state index contributed by atoms with van der Waals surface area (Å²) in [6, 6.07) is 13.0. The smallest absolute Gasteiger partial charge is 0.173 e. The quantitative estimate of drug-likeness (QED) is 0.791. The Morgan fingerprint density at radius 1 is 1.19 bits per heavy atom. The zero-order valence-corrected chi connectivity index (χ0v) is 12.8. The number of halogens is 2. The zero-order chi connectivity index (χ0) is 14.8. The van der Waals surface area contributed by atoms with E-state index in [1.165, 1.54) is 23.3 Å². The molecule has 0 unspecified atom stereocenters. The van der Waals surface area contributed by atoms with Crippen molar-refractivity contribution in [2.75, 3.05) is 11.9 Å². The van der Waals surface area contributed by atoms with Gasteiger partial charge in [-0.25, -0.2) is 4.39 Å². The highest BCUT2D eigenvalue weighted by Crippen LogP contribution is 2.21. The summed E-state index contributed by atoms with van der Waals surface area (Å²) in [6.45, 7) is 1.64. The highest BCUT2D eigenvalue weighted by molar-refractivity contribution is 7.80. The van der Waals surface area contributed by atoms with Gasteiger partial charge in [0.2, 0.25) is 0 Å². The van der Waals surface area contributed by atoms with Crippen molar-refractivity contribution in [1.29, 1.82) is 0 Å². The summed E-state index contributed by atoms with van der Waals surface area (Å²) >= 11 is 11.1. The molecule has 2 aromatic rings. The molecule has 0 aliphatic carbocycles. The lowest BCUT2D eigenvalue weighted by molar-refractivity contribution is 0.399. The molecule has 0 bridgehead atoms. The molecular formula is C16H14ClFN2S. The van der Waals surface area contributed by atoms with Crippen LogP contribution in [0.15, 0.2) is 42.5 Å². The molecule has 3 rings (SSSR count). The number of nitrogens with one attached hydrogen (secondary N) is 1. The van der Waals surface area contributed by atoms with Gasteiger partial charge in [-0.2, -0.15) is 0 Å². The van der Waals surface area contributed by atoms with Crippen molar-refractivity contribution < 1.29 is 4.39 Å². The molecule has 0 aromatic heterocycles. The van der Waals surface area contributed by atoms with Crippen LogP contribution in [-0.2, 0) is 13.0 Å². The number of thiocarbonyl (C=S) groups is 1. The lowest BCUT2D eigenvalue weighted by Gasteiger charge is -2.31. The van der Waals surface area contributed by atoms with Crippen molar-refractivity contribution in [2.45, 2.75) is 13.0 Å². The number of hydrogen-bond donors (Lipinski definition) is 1. The topological polar surface area (TPSA) is 15.3 Å². The van der Waals surface area contributed by atoms with Crippen LogP contribution in [0, 0.1) is 5.82 Å². The number of anilines is 1. The van der Waals surface area contributed by atoms with Crippen molar-refractivity contribution in [3.63, 3.8) is 0 Å². The van der Waals surface area contributed by atoms with Gasteiger partial charge in [0.15, 0.2) is 5.11 Å². The van der Waals surface area contributed by atoms with Crippen LogP contribution in [0.2, 0.25) is 5.02 Å². The van der Waals surface area contributed by atoms with Gasteiger partial charge in [0.1, 0.15) is 5.82 Å². The normalized spacial score (nSPS) is 13.7. The Kier molecular flexibility index (Phi) is 4.08. The predicted octanol–water partition coefficient (Wildman–Crippen LogP) is 4.23. The van der Waals surface area contributed by atoms with Gasteiger partial charge in [-0.1, -0.05) is 35.9 Å². The summed E-state index contributed by atoms with van der Waals surface area (Å²) in [6.07, 6.45) is 0.965. The maximum atomic E-state index is 13.4. The van der Waals surface area contributed by atoms with Crippen molar-refractivity contribution in [3.05, 3.63) is 64.4 Å². The van der Waals surface area contributed by atoms with E-state index >= 15 is 0 Å². The minimum absolute atomic E-state index is 0.110. The Morgan fingerprint density at radius 2 is 1.95 bits per heavy atom. The molecule has 1 N–H and O–H groups in total. The van der Waals surface area contributed by atoms with Crippen LogP contribution in [0.1, 0.15) is 11.1 Å². The van der Waals surface area contributed by atoms with Crippen LogP contribution >= 0.6 is 23.8 Å². The molecular weight excluding hydrogens is 307 g/mol. The number of rotatable bonds is 1. The van der Waals surface area contributed by atoms with Gasteiger partial charge < -0.3 is 10.2 Å². The zero-order valence-electron chi connectivity index (χ0n) is 11.3.